The smallest absolute Gasteiger partial charge is 0.222 e. The SMILES string of the molecule is CN(CCC1CCC1)C(=O)CC(C)(C)CN. The Kier molecular flexibility index (Phi) is 4.78. The molecule has 1 aliphatic rings. The second-order valence-electron chi connectivity index (χ2n) is 5.95. The maximum absolute atomic E-state index is 11.9. The third-order valence-corrected chi connectivity index (χ3v) is 3.71. The summed E-state index contributed by atoms with van der Waals surface area (Å²) in [4.78, 5) is 13.8. The first-order chi connectivity index (χ1) is 7.44. The summed E-state index contributed by atoms with van der Waals surface area (Å²) in [6, 6.07) is 0. The van der Waals surface area contributed by atoms with Crippen molar-refractivity contribution in [3.8, 4) is 0 Å². The van der Waals surface area contributed by atoms with Crippen LogP contribution in [0.5, 0.6) is 0 Å². The van der Waals surface area contributed by atoms with Gasteiger partial charge in [-0.25, -0.2) is 0 Å². The fraction of sp³-hybridized carbons (Fsp3) is 0.923. The van der Waals surface area contributed by atoms with Gasteiger partial charge in [0.15, 0.2) is 0 Å². The maximum Gasteiger partial charge on any atom is 0.222 e. The van der Waals surface area contributed by atoms with Crippen LogP contribution >= 0.6 is 0 Å². The van der Waals surface area contributed by atoms with Gasteiger partial charge in [-0.1, -0.05) is 33.1 Å². The van der Waals surface area contributed by atoms with Crippen LogP contribution in [0.4, 0.5) is 0 Å². The molecule has 0 bridgehead atoms. The molecule has 0 heterocycles. The van der Waals surface area contributed by atoms with E-state index in [1.807, 2.05) is 25.8 Å². The zero-order valence-corrected chi connectivity index (χ0v) is 11.0. The van der Waals surface area contributed by atoms with E-state index in [0.717, 1.165) is 12.5 Å². The maximum atomic E-state index is 11.9. The molecule has 1 aliphatic carbocycles. The molecule has 0 unspecified atom stereocenters. The van der Waals surface area contributed by atoms with Gasteiger partial charge in [0, 0.05) is 20.0 Å². The van der Waals surface area contributed by atoms with Gasteiger partial charge in [-0.2, -0.15) is 0 Å². The Morgan fingerprint density at radius 3 is 2.50 bits per heavy atom. The Morgan fingerprint density at radius 1 is 1.44 bits per heavy atom. The standard InChI is InChI=1S/C13H26N2O/c1-13(2,10-14)9-12(16)15(3)8-7-11-5-4-6-11/h11H,4-10,14H2,1-3H3. The van der Waals surface area contributed by atoms with Crippen molar-refractivity contribution in [2.75, 3.05) is 20.1 Å². The number of hydrogen-bond donors (Lipinski definition) is 1. The number of rotatable bonds is 6. The average molecular weight is 226 g/mol. The summed E-state index contributed by atoms with van der Waals surface area (Å²) in [6.07, 6.45) is 5.82. The van der Waals surface area contributed by atoms with Crippen molar-refractivity contribution in [1.82, 2.24) is 4.90 Å². The highest BCUT2D eigenvalue weighted by atomic mass is 16.2. The lowest BCUT2D eigenvalue weighted by molar-refractivity contribution is -0.132. The van der Waals surface area contributed by atoms with E-state index in [0.29, 0.717) is 13.0 Å². The molecule has 0 aromatic carbocycles. The first-order valence-electron chi connectivity index (χ1n) is 6.38. The molecule has 94 valence electrons. The number of carbonyl (C=O) groups is 1. The Labute approximate surface area is 99.4 Å². The van der Waals surface area contributed by atoms with Gasteiger partial charge in [-0.05, 0) is 24.3 Å². The summed E-state index contributed by atoms with van der Waals surface area (Å²) >= 11 is 0. The highest BCUT2D eigenvalue weighted by molar-refractivity contribution is 5.76. The summed E-state index contributed by atoms with van der Waals surface area (Å²) in [7, 11) is 1.91. The predicted octanol–water partition coefficient (Wildman–Crippen LogP) is 2.01. The van der Waals surface area contributed by atoms with Crippen molar-refractivity contribution >= 4 is 5.91 Å². The third-order valence-electron chi connectivity index (χ3n) is 3.71. The minimum Gasteiger partial charge on any atom is -0.346 e. The molecule has 2 N–H and O–H groups in total. The summed E-state index contributed by atoms with van der Waals surface area (Å²) in [5.41, 5.74) is 5.57. The van der Waals surface area contributed by atoms with E-state index in [2.05, 4.69) is 0 Å². The van der Waals surface area contributed by atoms with Gasteiger partial charge < -0.3 is 10.6 Å². The molecule has 3 heteroatoms. The monoisotopic (exact) mass is 226 g/mol. The van der Waals surface area contributed by atoms with Crippen molar-refractivity contribution in [3.63, 3.8) is 0 Å². The summed E-state index contributed by atoms with van der Waals surface area (Å²) in [5, 5.41) is 0. The molecule has 0 radical (unpaired) electrons. The lowest BCUT2D eigenvalue weighted by Crippen LogP contribution is -2.35. The molecule has 0 aromatic heterocycles. The first-order valence-corrected chi connectivity index (χ1v) is 6.38. The molecular formula is C13H26N2O. The molecule has 16 heavy (non-hydrogen) atoms. The molecule has 0 aromatic rings. The third kappa shape index (κ3) is 4.12. The van der Waals surface area contributed by atoms with Gasteiger partial charge in [-0.3, -0.25) is 4.79 Å². The molecule has 1 rings (SSSR count). The van der Waals surface area contributed by atoms with E-state index in [1.165, 1.54) is 25.7 Å². The van der Waals surface area contributed by atoms with Gasteiger partial charge in [0.25, 0.3) is 0 Å². The topological polar surface area (TPSA) is 46.3 Å². The Bertz CT molecular complexity index is 234. The van der Waals surface area contributed by atoms with Gasteiger partial charge in [0.2, 0.25) is 5.91 Å². The second-order valence-corrected chi connectivity index (χ2v) is 5.95. The first kappa shape index (κ1) is 13.5. The summed E-state index contributed by atoms with van der Waals surface area (Å²) in [5.74, 6) is 1.10. The van der Waals surface area contributed by atoms with Crippen LogP contribution in [-0.2, 0) is 4.79 Å². The van der Waals surface area contributed by atoms with Gasteiger partial charge >= 0.3 is 0 Å². The van der Waals surface area contributed by atoms with Gasteiger partial charge in [0.05, 0.1) is 0 Å². The predicted molar refractivity (Wildman–Crippen MR) is 67.0 cm³/mol. The summed E-state index contributed by atoms with van der Waals surface area (Å²) < 4.78 is 0. The number of nitrogens with zero attached hydrogens (tertiary/aromatic N) is 1. The highest BCUT2D eigenvalue weighted by Crippen LogP contribution is 2.29. The molecule has 1 amide bonds. The van der Waals surface area contributed by atoms with E-state index in [1.54, 1.807) is 0 Å². The second kappa shape index (κ2) is 5.67. The summed E-state index contributed by atoms with van der Waals surface area (Å²) in [6.45, 7) is 5.56. The van der Waals surface area contributed by atoms with Gasteiger partial charge in [-0.15, -0.1) is 0 Å². The van der Waals surface area contributed by atoms with Crippen LogP contribution in [0.2, 0.25) is 0 Å². The molecule has 0 spiro atoms. The number of nitrogens with two attached hydrogens (primary N) is 1. The van der Waals surface area contributed by atoms with Crippen LogP contribution in [0.25, 0.3) is 0 Å². The average Bonchev–Trinajstić information content (AvgIpc) is 2.14. The van der Waals surface area contributed by atoms with E-state index in [-0.39, 0.29) is 11.3 Å². The highest BCUT2D eigenvalue weighted by Gasteiger charge is 2.23. The lowest BCUT2D eigenvalue weighted by atomic mass is 9.83. The Balaban J connectivity index is 2.23. The van der Waals surface area contributed by atoms with Crippen LogP contribution in [0.1, 0.15) is 46.0 Å². The molecule has 0 atom stereocenters. The molecule has 0 saturated heterocycles. The number of carbonyl (C=O) groups excluding carboxylic acids is 1. The van der Waals surface area contributed by atoms with E-state index in [9.17, 15) is 4.79 Å². The quantitative estimate of drug-likeness (QED) is 0.753. The van der Waals surface area contributed by atoms with Crippen molar-refractivity contribution in [3.05, 3.63) is 0 Å². The minimum atomic E-state index is -0.0676. The molecule has 1 saturated carbocycles. The Morgan fingerprint density at radius 2 is 2.06 bits per heavy atom. The van der Waals surface area contributed by atoms with Crippen LogP contribution in [0, 0.1) is 11.3 Å². The zero-order chi connectivity index (χ0) is 12.2. The molecule has 3 nitrogen and oxygen atoms in total. The van der Waals surface area contributed by atoms with Crippen LogP contribution in [0.15, 0.2) is 0 Å². The van der Waals surface area contributed by atoms with Crippen molar-refractivity contribution in [2.24, 2.45) is 17.1 Å². The van der Waals surface area contributed by atoms with Crippen molar-refractivity contribution in [2.45, 2.75) is 46.0 Å². The number of amides is 1. The van der Waals surface area contributed by atoms with Crippen LogP contribution in [0.3, 0.4) is 0 Å². The van der Waals surface area contributed by atoms with Crippen LogP contribution < -0.4 is 5.73 Å². The molecule has 0 aliphatic heterocycles. The van der Waals surface area contributed by atoms with E-state index < -0.39 is 0 Å². The minimum absolute atomic E-state index is 0.0676. The fourth-order valence-corrected chi connectivity index (χ4v) is 1.90. The zero-order valence-electron chi connectivity index (χ0n) is 11.0. The molecule has 1 fully saturated rings. The van der Waals surface area contributed by atoms with Crippen molar-refractivity contribution in [1.29, 1.82) is 0 Å². The van der Waals surface area contributed by atoms with E-state index in [4.69, 9.17) is 5.73 Å². The lowest BCUT2D eigenvalue weighted by Gasteiger charge is -2.29. The molecular weight excluding hydrogens is 200 g/mol. The van der Waals surface area contributed by atoms with Crippen molar-refractivity contribution < 1.29 is 4.79 Å². The largest absolute Gasteiger partial charge is 0.346 e. The normalized spacial score (nSPS) is 17.0. The van der Waals surface area contributed by atoms with E-state index >= 15 is 0 Å². The Hall–Kier alpha value is -0.570. The van der Waals surface area contributed by atoms with Crippen LogP contribution in [-0.4, -0.2) is 30.9 Å². The number of hydrogen-bond acceptors (Lipinski definition) is 2. The van der Waals surface area contributed by atoms with Gasteiger partial charge in [0.1, 0.15) is 0 Å². The fourth-order valence-electron chi connectivity index (χ4n) is 1.90.